The van der Waals surface area contributed by atoms with Gasteiger partial charge in [0.1, 0.15) is 5.60 Å². The Morgan fingerprint density at radius 2 is 1.55 bits per heavy atom. The van der Waals surface area contributed by atoms with E-state index in [4.69, 9.17) is 4.74 Å². The number of hydrogen-bond donors (Lipinski definition) is 1. The lowest BCUT2D eigenvalue weighted by Crippen LogP contribution is -2.41. The summed E-state index contributed by atoms with van der Waals surface area (Å²) in [6.07, 6.45) is -0.569. The fraction of sp³-hybridized carbons (Fsp3) is 0.652. The lowest BCUT2D eigenvalue weighted by molar-refractivity contribution is 0.0636. The van der Waals surface area contributed by atoms with E-state index in [1.54, 1.807) is 50.8 Å². The predicted molar refractivity (Wildman–Crippen MR) is 127 cm³/mol. The molecule has 1 atom stereocenters. The lowest BCUT2D eigenvalue weighted by atomic mass is 10.2. The molecule has 31 heavy (non-hydrogen) atoms. The van der Waals surface area contributed by atoms with Gasteiger partial charge in [-0.2, -0.15) is 0 Å². The van der Waals surface area contributed by atoms with Crippen LogP contribution < -0.4 is 5.32 Å². The van der Waals surface area contributed by atoms with Crippen molar-refractivity contribution in [1.29, 1.82) is 0 Å². The normalized spacial score (nSPS) is 14.2. The van der Waals surface area contributed by atoms with E-state index in [9.17, 15) is 13.8 Å². The van der Waals surface area contributed by atoms with Crippen molar-refractivity contribution in [3.63, 3.8) is 0 Å². The number of aryl methyl sites for hydroxylation is 1. The van der Waals surface area contributed by atoms with Gasteiger partial charge in [-0.25, -0.2) is 13.8 Å². The molecule has 7 nitrogen and oxygen atoms in total. The van der Waals surface area contributed by atoms with Gasteiger partial charge in [0.2, 0.25) is 0 Å². The Kier molecular flexibility index (Phi) is 8.33. The van der Waals surface area contributed by atoms with Crippen molar-refractivity contribution >= 4 is 27.5 Å². The molecule has 0 aliphatic carbocycles. The van der Waals surface area contributed by atoms with Gasteiger partial charge in [0, 0.05) is 17.8 Å². The number of carbonyl (C=O) groups excluding carboxylic acids is 2. The molecule has 0 spiro atoms. The summed E-state index contributed by atoms with van der Waals surface area (Å²) in [6.45, 7) is 20.2. The predicted octanol–water partition coefficient (Wildman–Crippen LogP) is 6.21. The highest BCUT2D eigenvalue weighted by atomic mass is 32.2. The van der Waals surface area contributed by atoms with Gasteiger partial charge < -0.3 is 9.64 Å². The third kappa shape index (κ3) is 6.95. The van der Waals surface area contributed by atoms with Gasteiger partial charge in [-0.05, 0) is 99.9 Å². The fourth-order valence-corrected chi connectivity index (χ4v) is 5.26. The number of rotatable bonds is 4. The third-order valence-electron chi connectivity index (χ3n) is 4.49. The average molecular weight is 454 g/mol. The van der Waals surface area contributed by atoms with Crippen molar-refractivity contribution < 1.29 is 18.5 Å². The summed E-state index contributed by atoms with van der Waals surface area (Å²) in [6, 6.07) is 4.41. The van der Waals surface area contributed by atoms with Crippen molar-refractivity contribution in [2.45, 2.75) is 103 Å². The van der Waals surface area contributed by atoms with Gasteiger partial charge in [-0.1, -0.05) is 0 Å². The van der Waals surface area contributed by atoms with Crippen molar-refractivity contribution in [3.8, 4) is 0 Å². The molecule has 3 amide bonds. The first-order valence-corrected chi connectivity index (χ1v) is 12.1. The Hall–Kier alpha value is -2.09. The van der Waals surface area contributed by atoms with Crippen molar-refractivity contribution in [2.24, 2.45) is 4.36 Å². The van der Waals surface area contributed by atoms with E-state index in [0.717, 1.165) is 0 Å². The van der Waals surface area contributed by atoms with Crippen LogP contribution in [0.15, 0.2) is 27.5 Å². The number of amides is 3. The van der Waals surface area contributed by atoms with Crippen LogP contribution in [0, 0.1) is 6.92 Å². The van der Waals surface area contributed by atoms with Crippen LogP contribution in [-0.2, 0) is 14.5 Å². The molecule has 0 aliphatic rings. The SMILES string of the molecule is Cc1cc(NC(=O)OC(C)(C)C)ccc1[S@@](=O)(=NC(=O)N(C(C)C)C(C)C)C(C)(C)C. The summed E-state index contributed by atoms with van der Waals surface area (Å²) < 4.78 is 23.0. The van der Waals surface area contributed by atoms with Gasteiger partial charge >= 0.3 is 12.1 Å². The molecule has 8 heteroatoms. The second-order valence-electron chi connectivity index (χ2n) is 10.2. The fourth-order valence-electron chi connectivity index (χ4n) is 3.17. The number of nitrogens with one attached hydrogen (secondary N) is 1. The topological polar surface area (TPSA) is 88.1 Å². The van der Waals surface area contributed by atoms with Gasteiger partial charge in [-0.3, -0.25) is 5.32 Å². The zero-order valence-electron chi connectivity index (χ0n) is 20.8. The van der Waals surface area contributed by atoms with E-state index in [2.05, 4.69) is 9.68 Å². The molecule has 0 heterocycles. The zero-order chi connectivity index (χ0) is 24.4. The van der Waals surface area contributed by atoms with E-state index in [-0.39, 0.29) is 12.1 Å². The smallest absolute Gasteiger partial charge is 0.412 e. The first-order chi connectivity index (χ1) is 13.9. The molecule has 0 bridgehead atoms. The third-order valence-corrected chi connectivity index (χ3v) is 7.62. The maximum Gasteiger partial charge on any atom is 0.412 e. The van der Waals surface area contributed by atoms with E-state index in [1.165, 1.54) is 0 Å². The minimum Gasteiger partial charge on any atom is -0.444 e. The Morgan fingerprint density at radius 1 is 1.03 bits per heavy atom. The summed E-state index contributed by atoms with van der Waals surface area (Å²) in [7, 11) is -3.11. The van der Waals surface area contributed by atoms with E-state index >= 15 is 0 Å². The Balaban J connectivity index is 3.46. The minimum atomic E-state index is -3.11. The second-order valence-corrected chi connectivity index (χ2v) is 13.1. The Bertz CT molecular complexity index is 923. The molecule has 0 aliphatic heterocycles. The quantitative estimate of drug-likeness (QED) is 0.587. The largest absolute Gasteiger partial charge is 0.444 e. The van der Waals surface area contributed by atoms with Crippen molar-refractivity contribution in [3.05, 3.63) is 23.8 Å². The van der Waals surface area contributed by atoms with Crippen molar-refractivity contribution in [2.75, 3.05) is 5.32 Å². The van der Waals surface area contributed by atoms with E-state index < -0.39 is 32.2 Å². The number of urea groups is 1. The maximum absolute atomic E-state index is 14.2. The highest BCUT2D eigenvalue weighted by molar-refractivity contribution is 7.95. The van der Waals surface area contributed by atoms with Crippen LogP contribution in [0.5, 0.6) is 0 Å². The molecule has 0 saturated carbocycles. The van der Waals surface area contributed by atoms with Gasteiger partial charge in [0.25, 0.3) is 0 Å². The summed E-state index contributed by atoms with van der Waals surface area (Å²) >= 11 is 0. The number of nitrogens with zero attached hydrogens (tertiary/aromatic N) is 2. The number of ether oxygens (including phenoxy) is 1. The second kappa shape index (κ2) is 9.59. The number of carbonyl (C=O) groups is 2. The molecule has 1 aromatic carbocycles. The highest BCUT2D eigenvalue weighted by Gasteiger charge is 2.33. The first-order valence-electron chi connectivity index (χ1n) is 10.6. The van der Waals surface area contributed by atoms with Crippen LogP contribution >= 0.6 is 0 Å². The molecule has 0 unspecified atom stereocenters. The zero-order valence-corrected chi connectivity index (χ0v) is 21.6. The van der Waals surface area contributed by atoms with Gasteiger partial charge in [0.05, 0.1) is 19.4 Å². The molecule has 1 N–H and O–H groups in total. The molecule has 176 valence electrons. The van der Waals surface area contributed by atoms with E-state index in [0.29, 0.717) is 16.1 Å². The minimum absolute atomic E-state index is 0.0682. The number of anilines is 1. The van der Waals surface area contributed by atoms with Crippen LogP contribution in [0.3, 0.4) is 0 Å². The molecule has 0 radical (unpaired) electrons. The number of benzene rings is 1. The van der Waals surface area contributed by atoms with Gasteiger partial charge in [-0.15, -0.1) is 4.36 Å². The summed E-state index contributed by atoms with van der Waals surface area (Å²) in [4.78, 5) is 27.2. The average Bonchev–Trinajstić information content (AvgIpc) is 2.50. The summed E-state index contributed by atoms with van der Waals surface area (Å²) in [5.41, 5.74) is 0.576. The summed E-state index contributed by atoms with van der Waals surface area (Å²) in [5.74, 6) is 0. The van der Waals surface area contributed by atoms with Gasteiger partial charge in [0.15, 0.2) is 0 Å². The molecule has 0 fully saturated rings. The molecule has 1 rings (SSSR count). The highest BCUT2D eigenvalue weighted by Crippen LogP contribution is 2.32. The standard InChI is InChI=1S/C23H39N3O4S/c1-15(2)26(16(3)4)20(27)25-31(29,23(9,10)11)19-13-12-18(14-17(19)5)24-21(28)30-22(6,7)8/h12-16H,1-11H3,(H,24,28)/t31-/m0/s1. The van der Waals surface area contributed by atoms with Crippen LogP contribution in [0.4, 0.5) is 15.3 Å². The van der Waals surface area contributed by atoms with Crippen LogP contribution in [0.1, 0.15) is 74.8 Å². The maximum atomic E-state index is 14.2. The van der Waals surface area contributed by atoms with Crippen LogP contribution in [0.2, 0.25) is 0 Å². The first kappa shape index (κ1) is 26.9. The van der Waals surface area contributed by atoms with Crippen LogP contribution in [0.25, 0.3) is 0 Å². The van der Waals surface area contributed by atoms with Crippen LogP contribution in [-0.4, -0.2) is 43.7 Å². The van der Waals surface area contributed by atoms with E-state index in [1.807, 2.05) is 48.5 Å². The Morgan fingerprint density at radius 3 is 1.94 bits per heavy atom. The Labute approximate surface area is 188 Å². The number of hydrogen-bond acceptors (Lipinski definition) is 4. The molecule has 0 saturated heterocycles. The summed E-state index contributed by atoms with van der Waals surface area (Å²) in [5, 5.41) is 2.69. The molecular weight excluding hydrogens is 414 g/mol. The molecule has 1 aromatic rings. The molecular formula is C23H39N3O4S. The molecule has 0 aromatic heterocycles. The lowest BCUT2D eigenvalue weighted by Gasteiger charge is -2.31. The monoisotopic (exact) mass is 453 g/mol. The van der Waals surface area contributed by atoms with Crippen molar-refractivity contribution in [1.82, 2.24) is 4.90 Å².